The second-order valence-corrected chi connectivity index (χ2v) is 10.3. The minimum atomic E-state index is -0.190. The molecule has 0 aliphatic heterocycles. The van der Waals surface area contributed by atoms with Gasteiger partial charge >= 0.3 is 5.97 Å². The van der Waals surface area contributed by atoms with E-state index in [1.165, 1.54) is 27.3 Å². The molecule has 0 bridgehead atoms. The average molecular weight is 434 g/mol. The molecule has 0 radical (unpaired) electrons. The highest BCUT2D eigenvalue weighted by atomic mass is 16.5. The van der Waals surface area contributed by atoms with Gasteiger partial charge in [0.15, 0.2) is 0 Å². The number of carbonyl (C=O) groups excluding carboxylic acids is 1. The lowest BCUT2D eigenvalue weighted by molar-refractivity contribution is -0.166. The Bertz CT molecular complexity index is 665. The van der Waals surface area contributed by atoms with Crippen LogP contribution in [0.5, 0.6) is 0 Å². The lowest BCUT2D eigenvalue weighted by atomic mass is 9.81. The number of ether oxygens (including phenoxy) is 1. The van der Waals surface area contributed by atoms with Crippen LogP contribution in [0.1, 0.15) is 135 Å². The SMILES string of the molecule is CCOC(=O)CCC(CC(C)C)N(O)C(C)c1c(C(C)C)cc(C(C)C)cc1C(C)C. The second kappa shape index (κ2) is 12.6. The van der Waals surface area contributed by atoms with Crippen molar-refractivity contribution in [2.75, 3.05) is 6.61 Å². The van der Waals surface area contributed by atoms with E-state index in [1.54, 1.807) is 0 Å². The molecule has 0 saturated carbocycles. The van der Waals surface area contributed by atoms with Gasteiger partial charge in [-0.05, 0) is 72.6 Å². The average Bonchev–Trinajstić information content (AvgIpc) is 2.68. The Hall–Kier alpha value is -1.39. The first-order chi connectivity index (χ1) is 14.4. The monoisotopic (exact) mass is 433 g/mol. The minimum absolute atomic E-state index is 0.0933. The van der Waals surface area contributed by atoms with Crippen LogP contribution in [-0.4, -0.2) is 28.9 Å². The number of esters is 1. The molecule has 0 heterocycles. The molecule has 0 aromatic heterocycles. The number of hydrogen-bond acceptors (Lipinski definition) is 4. The van der Waals surface area contributed by atoms with Crippen molar-refractivity contribution in [3.05, 3.63) is 34.4 Å². The van der Waals surface area contributed by atoms with Crippen molar-refractivity contribution in [2.24, 2.45) is 5.92 Å². The van der Waals surface area contributed by atoms with E-state index in [0.717, 1.165) is 6.42 Å². The van der Waals surface area contributed by atoms with Gasteiger partial charge in [-0.15, -0.1) is 0 Å². The van der Waals surface area contributed by atoms with E-state index < -0.39 is 0 Å². The van der Waals surface area contributed by atoms with Crippen LogP contribution in [0.3, 0.4) is 0 Å². The summed E-state index contributed by atoms with van der Waals surface area (Å²) in [5.41, 5.74) is 5.22. The minimum Gasteiger partial charge on any atom is -0.466 e. The van der Waals surface area contributed by atoms with Crippen LogP contribution in [0.2, 0.25) is 0 Å². The van der Waals surface area contributed by atoms with Crippen LogP contribution in [-0.2, 0) is 9.53 Å². The fourth-order valence-corrected chi connectivity index (χ4v) is 4.36. The fraction of sp³-hybridized carbons (Fsp3) is 0.741. The van der Waals surface area contributed by atoms with Gasteiger partial charge in [0.2, 0.25) is 0 Å². The van der Waals surface area contributed by atoms with Crippen LogP contribution in [0, 0.1) is 5.92 Å². The first-order valence-corrected chi connectivity index (χ1v) is 12.2. The fourth-order valence-electron chi connectivity index (χ4n) is 4.36. The molecule has 2 unspecified atom stereocenters. The highest BCUT2D eigenvalue weighted by Gasteiger charge is 2.29. The molecule has 0 spiro atoms. The summed E-state index contributed by atoms with van der Waals surface area (Å²) in [5.74, 6) is 1.42. The van der Waals surface area contributed by atoms with Gasteiger partial charge < -0.3 is 9.94 Å². The van der Waals surface area contributed by atoms with E-state index in [-0.39, 0.29) is 18.1 Å². The first-order valence-electron chi connectivity index (χ1n) is 12.2. The van der Waals surface area contributed by atoms with E-state index in [1.807, 2.05) is 6.92 Å². The number of carbonyl (C=O) groups is 1. The summed E-state index contributed by atoms with van der Waals surface area (Å²) in [6.07, 6.45) is 1.75. The van der Waals surface area contributed by atoms with E-state index in [2.05, 4.69) is 74.4 Å². The highest BCUT2D eigenvalue weighted by molar-refractivity contribution is 5.69. The van der Waals surface area contributed by atoms with E-state index >= 15 is 0 Å². The van der Waals surface area contributed by atoms with Gasteiger partial charge in [0.25, 0.3) is 0 Å². The summed E-state index contributed by atoms with van der Waals surface area (Å²) in [4.78, 5) is 12.0. The molecule has 1 aromatic carbocycles. The zero-order valence-electron chi connectivity index (χ0n) is 21.7. The smallest absolute Gasteiger partial charge is 0.305 e. The van der Waals surface area contributed by atoms with Crippen molar-refractivity contribution in [1.82, 2.24) is 5.06 Å². The Kier molecular flexibility index (Phi) is 11.2. The summed E-state index contributed by atoms with van der Waals surface area (Å²) in [5, 5.41) is 12.9. The molecule has 1 rings (SSSR count). The highest BCUT2D eigenvalue weighted by Crippen LogP contribution is 2.38. The van der Waals surface area contributed by atoms with Crippen LogP contribution in [0.25, 0.3) is 0 Å². The van der Waals surface area contributed by atoms with Crippen molar-refractivity contribution in [3.8, 4) is 0 Å². The maximum atomic E-state index is 12.0. The molecule has 0 aliphatic carbocycles. The predicted molar refractivity (Wildman–Crippen MR) is 130 cm³/mol. The molecular formula is C27H47NO3. The van der Waals surface area contributed by atoms with Gasteiger partial charge in [0.1, 0.15) is 0 Å². The number of benzene rings is 1. The third-order valence-corrected chi connectivity index (χ3v) is 6.10. The standard InChI is InChI=1S/C27H47NO3/c1-11-31-26(29)13-12-23(14-17(2)3)28(30)21(10)27-24(19(6)7)15-22(18(4)5)16-25(27)20(8)9/h15-21,23,30H,11-14H2,1-10H3. The molecule has 1 aromatic rings. The maximum absolute atomic E-state index is 12.0. The number of hydroxylamine groups is 2. The molecule has 178 valence electrons. The maximum Gasteiger partial charge on any atom is 0.305 e. The quantitative estimate of drug-likeness (QED) is 0.273. The van der Waals surface area contributed by atoms with Crippen molar-refractivity contribution in [3.63, 3.8) is 0 Å². The Morgan fingerprint density at radius 3 is 1.84 bits per heavy atom. The van der Waals surface area contributed by atoms with Crippen LogP contribution in [0.15, 0.2) is 12.1 Å². The van der Waals surface area contributed by atoms with Gasteiger partial charge in [-0.1, -0.05) is 67.5 Å². The van der Waals surface area contributed by atoms with Crippen LogP contribution < -0.4 is 0 Å². The molecule has 0 fully saturated rings. The van der Waals surface area contributed by atoms with Crippen LogP contribution in [0.4, 0.5) is 0 Å². The van der Waals surface area contributed by atoms with Gasteiger partial charge in [-0.3, -0.25) is 4.79 Å². The van der Waals surface area contributed by atoms with Gasteiger partial charge in [-0.2, -0.15) is 5.06 Å². The topological polar surface area (TPSA) is 49.8 Å². The summed E-state index contributed by atoms with van der Waals surface area (Å²) in [7, 11) is 0. The largest absolute Gasteiger partial charge is 0.466 e. The zero-order valence-corrected chi connectivity index (χ0v) is 21.7. The van der Waals surface area contributed by atoms with Gasteiger partial charge in [0.05, 0.1) is 12.6 Å². The van der Waals surface area contributed by atoms with Crippen molar-refractivity contribution in [1.29, 1.82) is 0 Å². The molecule has 4 nitrogen and oxygen atoms in total. The number of rotatable bonds is 12. The Balaban J connectivity index is 3.37. The summed E-state index contributed by atoms with van der Waals surface area (Å²) < 4.78 is 5.12. The number of nitrogens with zero attached hydrogens (tertiary/aromatic N) is 1. The molecular weight excluding hydrogens is 386 g/mol. The van der Waals surface area contributed by atoms with Crippen molar-refractivity contribution >= 4 is 5.97 Å². The third kappa shape index (κ3) is 7.91. The molecule has 1 N–H and O–H groups in total. The second-order valence-electron chi connectivity index (χ2n) is 10.3. The molecule has 0 amide bonds. The first kappa shape index (κ1) is 27.6. The molecule has 0 saturated heterocycles. The van der Waals surface area contributed by atoms with Crippen LogP contribution >= 0.6 is 0 Å². The molecule has 4 heteroatoms. The summed E-state index contributed by atoms with van der Waals surface area (Å²) >= 11 is 0. The Morgan fingerprint density at radius 1 is 0.935 bits per heavy atom. The van der Waals surface area contributed by atoms with Gasteiger partial charge in [-0.25, -0.2) is 0 Å². The predicted octanol–water partition coefficient (Wildman–Crippen LogP) is 7.57. The normalized spacial score (nSPS) is 14.2. The third-order valence-electron chi connectivity index (χ3n) is 6.10. The summed E-state index contributed by atoms with van der Waals surface area (Å²) in [6.45, 7) is 22.0. The van der Waals surface area contributed by atoms with E-state index in [0.29, 0.717) is 43.1 Å². The van der Waals surface area contributed by atoms with E-state index in [4.69, 9.17) is 4.74 Å². The molecule has 2 atom stereocenters. The van der Waals surface area contributed by atoms with Crippen molar-refractivity contribution < 1.29 is 14.7 Å². The molecule has 0 aliphatic rings. The van der Waals surface area contributed by atoms with Gasteiger partial charge in [0, 0.05) is 12.5 Å². The lowest BCUT2D eigenvalue weighted by Crippen LogP contribution is -2.37. The zero-order chi connectivity index (χ0) is 23.9. The Labute approximate surface area is 191 Å². The summed E-state index contributed by atoms with van der Waals surface area (Å²) in [6, 6.07) is 4.42. The van der Waals surface area contributed by atoms with Crippen molar-refractivity contribution in [2.45, 2.75) is 118 Å². The molecule has 31 heavy (non-hydrogen) atoms. The number of hydrogen-bond donors (Lipinski definition) is 1. The van der Waals surface area contributed by atoms with E-state index in [9.17, 15) is 10.0 Å². The Morgan fingerprint density at radius 2 is 1.45 bits per heavy atom. The lowest BCUT2D eigenvalue weighted by Gasteiger charge is -2.36.